The first-order valence-corrected chi connectivity index (χ1v) is 6.45. The summed E-state index contributed by atoms with van der Waals surface area (Å²) in [5.41, 5.74) is 1.11. The largest absolute Gasteiger partial charge is 0.368 e. The molecule has 96 valence electrons. The fourth-order valence-corrected chi connectivity index (χ4v) is 2.59. The van der Waals surface area contributed by atoms with E-state index in [1.165, 1.54) is 5.56 Å². The van der Waals surface area contributed by atoms with E-state index in [9.17, 15) is 0 Å². The van der Waals surface area contributed by atoms with Gasteiger partial charge in [0.15, 0.2) is 0 Å². The van der Waals surface area contributed by atoms with E-state index in [-0.39, 0.29) is 11.7 Å². The predicted molar refractivity (Wildman–Crippen MR) is 68.2 cm³/mol. The third-order valence-corrected chi connectivity index (χ3v) is 3.23. The van der Waals surface area contributed by atoms with Crippen LogP contribution >= 0.6 is 11.6 Å². The average molecular weight is 258 g/mol. The molecule has 0 amide bonds. The second kappa shape index (κ2) is 4.96. The van der Waals surface area contributed by atoms with Crippen molar-refractivity contribution in [3.8, 4) is 0 Å². The number of ether oxygens (including phenoxy) is 1. The molecule has 1 aromatic heterocycles. The monoisotopic (exact) mass is 257 g/mol. The van der Waals surface area contributed by atoms with Crippen molar-refractivity contribution in [1.29, 1.82) is 0 Å². The summed E-state index contributed by atoms with van der Waals surface area (Å²) in [7, 11) is 1.94. The lowest BCUT2D eigenvalue weighted by Gasteiger charge is -2.42. The number of rotatable bonds is 3. The molecule has 1 unspecified atom stereocenters. The normalized spacial score (nSPS) is 25.1. The predicted octanol–water partition coefficient (Wildman–Crippen LogP) is 1.64. The van der Waals surface area contributed by atoms with Gasteiger partial charge in [0.25, 0.3) is 0 Å². The summed E-state index contributed by atoms with van der Waals surface area (Å²) in [5.74, 6) is 0.549. The Balaban J connectivity index is 2.00. The van der Waals surface area contributed by atoms with Crippen LogP contribution in [0.2, 0.25) is 0 Å². The van der Waals surface area contributed by atoms with Gasteiger partial charge in [-0.3, -0.25) is 9.58 Å². The molecule has 0 aliphatic carbocycles. The first-order chi connectivity index (χ1) is 7.98. The smallest absolute Gasteiger partial charge is 0.0845 e. The van der Waals surface area contributed by atoms with Gasteiger partial charge in [0.05, 0.1) is 17.9 Å². The maximum atomic E-state index is 5.91. The number of alkyl halides is 1. The minimum absolute atomic E-state index is 0.122. The Labute approximate surface area is 107 Å². The van der Waals surface area contributed by atoms with Crippen LogP contribution < -0.4 is 0 Å². The Bertz CT molecular complexity index is 378. The number of halogens is 1. The van der Waals surface area contributed by atoms with Crippen LogP contribution in [0, 0.1) is 0 Å². The van der Waals surface area contributed by atoms with Gasteiger partial charge >= 0.3 is 0 Å². The van der Waals surface area contributed by atoms with Crippen LogP contribution in [0.25, 0.3) is 0 Å². The van der Waals surface area contributed by atoms with Crippen LogP contribution in [0.1, 0.15) is 19.4 Å². The highest BCUT2D eigenvalue weighted by Crippen LogP contribution is 2.22. The summed E-state index contributed by atoms with van der Waals surface area (Å²) in [5, 5.41) is 4.19. The molecule has 1 aliphatic heterocycles. The fraction of sp³-hybridized carbons (Fsp3) is 0.750. The van der Waals surface area contributed by atoms with E-state index in [2.05, 4.69) is 30.0 Å². The van der Waals surface area contributed by atoms with Crippen LogP contribution in [0.3, 0.4) is 0 Å². The molecule has 5 heteroatoms. The molecule has 2 rings (SSSR count). The topological polar surface area (TPSA) is 30.3 Å². The lowest BCUT2D eigenvalue weighted by Crippen LogP contribution is -2.52. The summed E-state index contributed by atoms with van der Waals surface area (Å²) in [6.07, 6.45) is 4.09. The van der Waals surface area contributed by atoms with Crippen molar-refractivity contribution in [2.75, 3.05) is 19.0 Å². The first kappa shape index (κ1) is 12.9. The maximum Gasteiger partial charge on any atom is 0.0845 e. The van der Waals surface area contributed by atoms with E-state index >= 15 is 0 Å². The quantitative estimate of drug-likeness (QED) is 0.772. The minimum Gasteiger partial charge on any atom is -0.368 e. The van der Waals surface area contributed by atoms with Crippen LogP contribution in [-0.4, -0.2) is 45.4 Å². The Kier molecular flexibility index (Phi) is 3.76. The number of nitrogens with zero attached hydrogens (tertiary/aromatic N) is 3. The molecule has 1 aliphatic rings. The molecule has 2 heterocycles. The highest BCUT2D eigenvalue weighted by atomic mass is 35.5. The molecular weight excluding hydrogens is 238 g/mol. The molecule has 1 saturated heterocycles. The van der Waals surface area contributed by atoms with E-state index in [4.69, 9.17) is 16.3 Å². The SMILES string of the molecule is Cn1cc(CN2CC(CCl)OC(C)(C)C2)cn1. The van der Waals surface area contributed by atoms with Crippen LogP contribution in [0.4, 0.5) is 0 Å². The number of hydrogen-bond donors (Lipinski definition) is 0. The molecule has 0 N–H and O–H groups in total. The van der Waals surface area contributed by atoms with E-state index in [1.54, 1.807) is 0 Å². The van der Waals surface area contributed by atoms with E-state index < -0.39 is 0 Å². The first-order valence-electron chi connectivity index (χ1n) is 5.92. The van der Waals surface area contributed by atoms with Crippen molar-refractivity contribution in [1.82, 2.24) is 14.7 Å². The van der Waals surface area contributed by atoms with E-state index in [0.29, 0.717) is 5.88 Å². The summed E-state index contributed by atoms with van der Waals surface area (Å²) in [6, 6.07) is 0. The Morgan fingerprint density at radius 3 is 2.94 bits per heavy atom. The van der Waals surface area contributed by atoms with Gasteiger partial charge in [0, 0.05) is 44.3 Å². The lowest BCUT2D eigenvalue weighted by atomic mass is 10.1. The summed E-state index contributed by atoms with van der Waals surface area (Å²) < 4.78 is 7.73. The second-order valence-electron chi connectivity index (χ2n) is 5.35. The molecule has 4 nitrogen and oxygen atoms in total. The highest BCUT2D eigenvalue weighted by molar-refractivity contribution is 6.18. The van der Waals surface area contributed by atoms with Crippen molar-refractivity contribution < 1.29 is 4.74 Å². The molecule has 0 saturated carbocycles. The van der Waals surface area contributed by atoms with Gasteiger partial charge in [-0.25, -0.2) is 0 Å². The summed E-state index contributed by atoms with van der Waals surface area (Å²) >= 11 is 5.91. The standard InChI is InChI=1S/C12H20ClN3O/c1-12(2)9-16(8-11(4-13)17-12)7-10-5-14-15(3)6-10/h5-6,11H,4,7-9H2,1-3H3. The Hall–Kier alpha value is -0.580. The Morgan fingerprint density at radius 1 is 1.59 bits per heavy atom. The van der Waals surface area contributed by atoms with Crippen molar-refractivity contribution in [2.45, 2.75) is 32.1 Å². The molecular formula is C12H20ClN3O. The second-order valence-corrected chi connectivity index (χ2v) is 5.65. The lowest BCUT2D eigenvalue weighted by molar-refractivity contribution is -0.129. The third-order valence-electron chi connectivity index (χ3n) is 2.89. The molecule has 0 radical (unpaired) electrons. The zero-order chi connectivity index (χ0) is 12.5. The Morgan fingerprint density at radius 2 is 2.35 bits per heavy atom. The van der Waals surface area contributed by atoms with Crippen molar-refractivity contribution in [3.63, 3.8) is 0 Å². The van der Waals surface area contributed by atoms with E-state index in [1.807, 2.05) is 17.9 Å². The van der Waals surface area contributed by atoms with Gasteiger partial charge in [-0.1, -0.05) is 0 Å². The van der Waals surface area contributed by atoms with Gasteiger partial charge in [-0.15, -0.1) is 11.6 Å². The summed E-state index contributed by atoms with van der Waals surface area (Å²) in [6.45, 7) is 6.95. The van der Waals surface area contributed by atoms with Crippen molar-refractivity contribution in [2.24, 2.45) is 7.05 Å². The van der Waals surface area contributed by atoms with Crippen LogP contribution in [0.5, 0.6) is 0 Å². The third kappa shape index (κ3) is 3.44. The molecule has 1 atom stereocenters. The molecule has 0 aromatic carbocycles. The van der Waals surface area contributed by atoms with Crippen molar-refractivity contribution >= 4 is 11.6 Å². The number of morpholine rings is 1. The number of aromatic nitrogens is 2. The van der Waals surface area contributed by atoms with Gasteiger partial charge in [-0.05, 0) is 13.8 Å². The van der Waals surface area contributed by atoms with Crippen LogP contribution in [-0.2, 0) is 18.3 Å². The zero-order valence-electron chi connectivity index (χ0n) is 10.7. The number of hydrogen-bond acceptors (Lipinski definition) is 3. The fourth-order valence-electron chi connectivity index (χ4n) is 2.43. The van der Waals surface area contributed by atoms with Gasteiger partial charge < -0.3 is 4.74 Å². The maximum absolute atomic E-state index is 5.91. The highest BCUT2D eigenvalue weighted by Gasteiger charge is 2.32. The zero-order valence-corrected chi connectivity index (χ0v) is 11.4. The molecule has 0 spiro atoms. The molecule has 1 fully saturated rings. The van der Waals surface area contributed by atoms with Gasteiger partial charge in [0.2, 0.25) is 0 Å². The molecule has 0 bridgehead atoms. The van der Waals surface area contributed by atoms with Gasteiger partial charge in [0.1, 0.15) is 0 Å². The molecule has 17 heavy (non-hydrogen) atoms. The van der Waals surface area contributed by atoms with Crippen molar-refractivity contribution in [3.05, 3.63) is 18.0 Å². The minimum atomic E-state index is -0.125. The molecule has 1 aromatic rings. The van der Waals surface area contributed by atoms with Crippen LogP contribution in [0.15, 0.2) is 12.4 Å². The van der Waals surface area contributed by atoms with E-state index in [0.717, 1.165) is 19.6 Å². The van der Waals surface area contributed by atoms with Gasteiger partial charge in [-0.2, -0.15) is 5.10 Å². The average Bonchev–Trinajstić information content (AvgIpc) is 2.61. The summed E-state index contributed by atoms with van der Waals surface area (Å²) in [4.78, 5) is 2.38. The number of aryl methyl sites for hydroxylation is 1.